The molecule has 1 unspecified atom stereocenters. The number of hydrogen-bond donors (Lipinski definition) is 1. The molecule has 92 valence electrons. The lowest BCUT2D eigenvalue weighted by molar-refractivity contribution is 0.417. The molecule has 0 fully saturated rings. The first-order chi connectivity index (χ1) is 7.77. The van der Waals surface area contributed by atoms with Crippen molar-refractivity contribution in [1.29, 1.82) is 0 Å². The van der Waals surface area contributed by atoms with Gasteiger partial charge in [-0.1, -0.05) is 33.1 Å². The van der Waals surface area contributed by atoms with Gasteiger partial charge < -0.3 is 9.88 Å². The van der Waals surface area contributed by atoms with Gasteiger partial charge in [0.1, 0.15) is 0 Å². The molecule has 1 N–H and O–H groups in total. The molecule has 0 aliphatic heterocycles. The Morgan fingerprint density at radius 1 is 1.44 bits per heavy atom. The van der Waals surface area contributed by atoms with Gasteiger partial charge in [0.15, 0.2) is 0 Å². The van der Waals surface area contributed by atoms with E-state index in [2.05, 4.69) is 28.7 Å². The Labute approximate surface area is 99.3 Å². The Hall–Kier alpha value is -0.830. The van der Waals surface area contributed by atoms with Gasteiger partial charge in [-0.3, -0.25) is 0 Å². The summed E-state index contributed by atoms with van der Waals surface area (Å²) < 4.78 is 2.07. The fourth-order valence-electron chi connectivity index (χ4n) is 1.90. The van der Waals surface area contributed by atoms with Crippen molar-refractivity contribution in [1.82, 2.24) is 14.9 Å². The van der Waals surface area contributed by atoms with Crippen LogP contribution in [0.5, 0.6) is 0 Å². The molecule has 0 aliphatic rings. The van der Waals surface area contributed by atoms with Gasteiger partial charge in [0, 0.05) is 19.8 Å². The number of imidazole rings is 1. The first-order valence-electron chi connectivity index (χ1n) is 6.43. The van der Waals surface area contributed by atoms with Gasteiger partial charge in [0.2, 0.25) is 0 Å². The quantitative estimate of drug-likeness (QED) is 0.734. The van der Waals surface area contributed by atoms with Gasteiger partial charge in [0.25, 0.3) is 0 Å². The first-order valence-corrected chi connectivity index (χ1v) is 6.43. The van der Waals surface area contributed by atoms with Crippen LogP contribution in [0.4, 0.5) is 0 Å². The lowest BCUT2D eigenvalue weighted by Crippen LogP contribution is -2.23. The highest BCUT2D eigenvalue weighted by atomic mass is 15.0. The SMILES string of the molecule is CCCCC(CC)CNCc1cncn1C. The number of hydrogen-bond acceptors (Lipinski definition) is 2. The Balaban J connectivity index is 2.20. The second-order valence-electron chi connectivity index (χ2n) is 4.54. The minimum absolute atomic E-state index is 0.827. The molecule has 0 spiro atoms. The Kier molecular flexibility index (Phi) is 6.16. The lowest BCUT2D eigenvalue weighted by Gasteiger charge is -2.15. The molecule has 1 heterocycles. The van der Waals surface area contributed by atoms with E-state index in [0.29, 0.717) is 0 Å². The van der Waals surface area contributed by atoms with Gasteiger partial charge in [-0.05, 0) is 18.9 Å². The van der Waals surface area contributed by atoms with Crippen LogP contribution in [-0.2, 0) is 13.6 Å². The average molecular weight is 223 g/mol. The number of aromatic nitrogens is 2. The third kappa shape index (κ3) is 4.35. The maximum absolute atomic E-state index is 4.11. The van der Waals surface area contributed by atoms with Crippen molar-refractivity contribution >= 4 is 0 Å². The number of nitrogens with one attached hydrogen (secondary N) is 1. The molecule has 0 aromatic carbocycles. The fraction of sp³-hybridized carbons (Fsp3) is 0.769. The second-order valence-corrected chi connectivity index (χ2v) is 4.54. The van der Waals surface area contributed by atoms with E-state index < -0.39 is 0 Å². The summed E-state index contributed by atoms with van der Waals surface area (Å²) in [6.45, 7) is 6.60. The van der Waals surface area contributed by atoms with E-state index in [1.165, 1.54) is 31.4 Å². The summed E-state index contributed by atoms with van der Waals surface area (Å²) in [5.74, 6) is 0.827. The monoisotopic (exact) mass is 223 g/mol. The summed E-state index contributed by atoms with van der Waals surface area (Å²) in [5, 5.41) is 3.53. The lowest BCUT2D eigenvalue weighted by atomic mass is 9.99. The highest BCUT2D eigenvalue weighted by Crippen LogP contribution is 2.11. The highest BCUT2D eigenvalue weighted by molar-refractivity contribution is 4.96. The zero-order valence-electron chi connectivity index (χ0n) is 10.9. The standard InChI is InChI=1S/C13H25N3/c1-4-6-7-12(5-2)8-14-9-13-10-15-11-16(13)3/h10-12,14H,4-9H2,1-3H3. The molecule has 1 rings (SSSR count). The van der Waals surface area contributed by atoms with Crippen LogP contribution in [-0.4, -0.2) is 16.1 Å². The van der Waals surface area contributed by atoms with Crippen molar-refractivity contribution in [3.05, 3.63) is 18.2 Å². The van der Waals surface area contributed by atoms with E-state index in [-0.39, 0.29) is 0 Å². The fourth-order valence-corrected chi connectivity index (χ4v) is 1.90. The molecule has 1 aromatic rings. The maximum atomic E-state index is 4.11. The second kappa shape index (κ2) is 7.44. The molecular formula is C13H25N3. The summed E-state index contributed by atoms with van der Waals surface area (Å²) in [5.41, 5.74) is 1.25. The molecule has 0 amide bonds. The van der Waals surface area contributed by atoms with E-state index in [4.69, 9.17) is 0 Å². The number of unbranched alkanes of at least 4 members (excludes halogenated alkanes) is 1. The van der Waals surface area contributed by atoms with Crippen LogP contribution < -0.4 is 5.32 Å². The Morgan fingerprint density at radius 2 is 2.25 bits per heavy atom. The Morgan fingerprint density at radius 3 is 2.81 bits per heavy atom. The summed E-state index contributed by atoms with van der Waals surface area (Å²) in [4.78, 5) is 4.11. The highest BCUT2D eigenvalue weighted by Gasteiger charge is 2.05. The van der Waals surface area contributed by atoms with Gasteiger partial charge in [-0.2, -0.15) is 0 Å². The van der Waals surface area contributed by atoms with E-state index in [9.17, 15) is 0 Å². The average Bonchev–Trinajstić information content (AvgIpc) is 2.69. The third-order valence-corrected chi connectivity index (χ3v) is 3.20. The molecule has 16 heavy (non-hydrogen) atoms. The molecule has 0 bridgehead atoms. The smallest absolute Gasteiger partial charge is 0.0945 e. The molecule has 1 atom stereocenters. The minimum Gasteiger partial charge on any atom is -0.337 e. The van der Waals surface area contributed by atoms with Crippen molar-refractivity contribution in [3.8, 4) is 0 Å². The van der Waals surface area contributed by atoms with Gasteiger partial charge in [-0.15, -0.1) is 0 Å². The van der Waals surface area contributed by atoms with Crippen molar-refractivity contribution < 1.29 is 0 Å². The van der Waals surface area contributed by atoms with Gasteiger partial charge in [-0.25, -0.2) is 4.98 Å². The first kappa shape index (κ1) is 13.2. The number of rotatable bonds is 8. The largest absolute Gasteiger partial charge is 0.337 e. The van der Waals surface area contributed by atoms with Gasteiger partial charge in [0.05, 0.1) is 12.0 Å². The van der Waals surface area contributed by atoms with Crippen molar-refractivity contribution in [2.45, 2.75) is 46.1 Å². The molecule has 1 aromatic heterocycles. The molecule has 0 radical (unpaired) electrons. The van der Waals surface area contributed by atoms with Crippen molar-refractivity contribution in [2.75, 3.05) is 6.54 Å². The van der Waals surface area contributed by atoms with E-state index >= 15 is 0 Å². The van der Waals surface area contributed by atoms with Crippen LogP contribution in [0.2, 0.25) is 0 Å². The predicted octanol–water partition coefficient (Wildman–Crippen LogP) is 2.73. The molecule has 3 heteroatoms. The molecule has 0 saturated heterocycles. The molecule has 0 aliphatic carbocycles. The summed E-state index contributed by atoms with van der Waals surface area (Å²) in [6, 6.07) is 0. The van der Waals surface area contributed by atoms with E-state index in [1.807, 2.05) is 19.6 Å². The maximum Gasteiger partial charge on any atom is 0.0945 e. The summed E-state index contributed by atoms with van der Waals surface area (Å²) >= 11 is 0. The van der Waals surface area contributed by atoms with Crippen LogP contribution in [0, 0.1) is 5.92 Å². The zero-order valence-corrected chi connectivity index (χ0v) is 10.9. The van der Waals surface area contributed by atoms with Crippen LogP contribution in [0.1, 0.15) is 45.2 Å². The minimum atomic E-state index is 0.827. The molecule has 3 nitrogen and oxygen atoms in total. The van der Waals surface area contributed by atoms with E-state index in [1.54, 1.807) is 0 Å². The topological polar surface area (TPSA) is 29.9 Å². The van der Waals surface area contributed by atoms with Gasteiger partial charge >= 0.3 is 0 Å². The zero-order chi connectivity index (χ0) is 11.8. The van der Waals surface area contributed by atoms with Crippen molar-refractivity contribution in [3.63, 3.8) is 0 Å². The van der Waals surface area contributed by atoms with Crippen LogP contribution >= 0.6 is 0 Å². The summed E-state index contributed by atoms with van der Waals surface area (Å²) in [7, 11) is 2.04. The normalized spacial score (nSPS) is 12.9. The Bertz CT molecular complexity index is 280. The van der Waals surface area contributed by atoms with Crippen LogP contribution in [0.25, 0.3) is 0 Å². The molecule has 0 saturated carbocycles. The third-order valence-electron chi connectivity index (χ3n) is 3.20. The number of aryl methyl sites for hydroxylation is 1. The summed E-state index contributed by atoms with van der Waals surface area (Å²) in [6.07, 6.45) is 9.07. The predicted molar refractivity (Wildman–Crippen MR) is 68.2 cm³/mol. The van der Waals surface area contributed by atoms with Crippen LogP contribution in [0.15, 0.2) is 12.5 Å². The van der Waals surface area contributed by atoms with Crippen LogP contribution in [0.3, 0.4) is 0 Å². The van der Waals surface area contributed by atoms with E-state index in [0.717, 1.165) is 19.0 Å². The molecular weight excluding hydrogens is 198 g/mol. The number of nitrogens with zero attached hydrogens (tertiary/aromatic N) is 2. The van der Waals surface area contributed by atoms with Crippen molar-refractivity contribution in [2.24, 2.45) is 13.0 Å².